The van der Waals surface area contributed by atoms with E-state index in [1.807, 2.05) is 13.8 Å². The minimum Gasteiger partial charge on any atom is -0.480 e. The Kier molecular flexibility index (Phi) is 6.30. The zero-order chi connectivity index (χ0) is 15.2. The normalized spacial score (nSPS) is 19.4. The van der Waals surface area contributed by atoms with E-state index in [0.717, 1.165) is 12.8 Å². The number of urea groups is 1. The lowest BCUT2D eigenvalue weighted by molar-refractivity contribution is -0.139. The first kappa shape index (κ1) is 16.8. The molecule has 1 fully saturated rings. The van der Waals surface area contributed by atoms with Gasteiger partial charge in [-0.05, 0) is 30.6 Å². The first-order valence-corrected chi connectivity index (χ1v) is 7.59. The molecule has 5 heteroatoms. The van der Waals surface area contributed by atoms with Gasteiger partial charge in [-0.3, -0.25) is 0 Å². The first-order chi connectivity index (χ1) is 9.32. The third-order valence-corrected chi connectivity index (χ3v) is 4.05. The third kappa shape index (κ3) is 5.80. The Hall–Kier alpha value is -1.26. The van der Waals surface area contributed by atoms with Crippen molar-refractivity contribution in [2.75, 3.05) is 6.54 Å². The fourth-order valence-electron chi connectivity index (χ4n) is 2.78. The van der Waals surface area contributed by atoms with Crippen molar-refractivity contribution in [3.8, 4) is 0 Å². The van der Waals surface area contributed by atoms with Gasteiger partial charge >= 0.3 is 12.0 Å². The number of aliphatic carboxylic acids is 1. The van der Waals surface area contributed by atoms with Crippen molar-refractivity contribution < 1.29 is 14.7 Å². The maximum Gasteiger partial charge on any atom is 0.326 e. The van der Waals surface area contributed by atoms with Crippen LogP contribution in [0.2, 0.25) is 0 Å². The van der Waals surface area contributed by atoms with E-state index >= 15 is 0 Å². The van der Waals surface area contributed by atoms with Crippen LogP contribution < -0.4 is 10.6 Å². The van der Waals surface area contributed by atoms with Crippen molar-refractivity contribution >= 4 is 12.0 Å². The Morgan fingerprint density at radius 2 is 1.80 bits per heavy atom. The van der Waals surface area contributed by atoms with Crippen LogP contribution in [-0.4, -0.2) is 29.7 Å². The largest absolute Gasteiger partial charge is 0.480 e. The number of carboxylic acid groups (broad SMARTS) is 1. The summed E-state index contributed by atoms with van der Waals surface area (Å²) in [6, 6.07) is -1.18. The molecule has 116 valence electrons. The fraction of sp³-hybridized carbons (Fsp3) is 0.867. The molecule has 1 atom stereocenters. The summed E-state index contributed by atoms with van der Waals surface area (Å²) in [7, 11) is 0. The molecular formula is C15H28N2O3. The average molecular weight is 284 g/mol. The zero-order valence-electron chi connectivity index (χ0n) is 12.9. The standard InChI is InChI=1S/C15H28N2O3/c1-11(2)9-12(13(18)19)17-14(20)16-10-15(3)7-5-4-6-8-15/h11-12H,4-10H2,1-3H3,(H,18,19)(H2,16,17,20)/t12-/m0/s1. The molecule has 20 heavy (non-hydrogen) atoms. The molecule has 1 saturated carbocycles. The van der Waals surface area contributed by atoms with Crippen LogP contribution in [0.5, 0.6) is 0 Å². The highest BCUT2D eigenvalue weighted by Crippen LogP contribution is 2.34. The molecular weight excluding hydrogens is 256 g/mol. The summed E-state index contributed by atoms with van der Waals surface area (Å²) in [6.45, 7) is 6.69. The van der Waals surface area contributed by atoms with Crippen molar-refractivity contribution in [2.24, 2.45) is 11.3 Å². The van der Waals surface area contributed by atoms with Gasteiger partial charge in [0, 0.05) is 6.54 Å². The smallest absolute Gasteiger partial charge is 0.326 e. The SMILES string of the molecule is CC(C)C[C@H](NC(=O)NCC1(C)CCCCC1)C(=O)O. The molecule has 5 nitrogen and oxygen atoms in total. The van der Waals surface area contributed by atoms with Crippen molar-refractivity contribution in [1.29, 1.82) is 0 Å². The molecule has 0 radical (unpaired) electrons. The number of hydrogen-bond donors (Lipinski definition) is 3. The Bertz CT molecular complexity index is 336. The van der Waals surface area contributed by atoms with Crippen LogP contribution >= 0.6 is 0 Å². The van der Waals surface area contributed by atoms with Crippen LogP contribution in [0.25, 0.3) is 0 Å². The minimum atomic E-state index is -0.974. The predicted octanol–water partition coefficient (Wildman–Crippen LogP) is 2.76. The van der Waals surface area contributed by atoms with Gasteiger partial charge in [0.25, 0.3) is 0 Å². The van der Waals surface area contributed by atoms with Gasteiger partial charge in [0.1, 0.15) is 6.04 Å². The van der Waals surface area contributed by atoms with E-state index < -0.39 is 12.0 Å². The molecule has 1 rings (SSSR count). The molecule has 0 saturated heterocycles. The van der Waals surface area contributed by atoms with Gasteiger partial charge in [-0.2, -0.15) is 0 Å². The minimum absolute atomic E-state index is 0.159. The van der Waals surface area contributed by atoms with E-state index in [0.29, 0.717) is 13.0 Å². The second-order valence-electron chi connectivity index (χ2n) is 6.72. The summed E-state index contributed by atoms with van der Waals surface area (Å²) in [5.41, 5.74) is 0.159. The number of carbonyl (C=O) groups excluding carboxylic acids is 1. The van der Waals surface area contributed by atoms with E-state index in [1.54, 1.807) is 0 Å². The maximum absolute atomic E-state index is 11.8. The Labute approximate surface area is 121 Å². The average Bonchev–Trinajstić information content (AvgIpc) is 2.36. The summed E-state index contributed by atoms with van der Waals surface area (Å²) in [5, 5.41) is 14.5. The first-order valence-electron chi connectivity index (χ1n) is 7.59. The molecule has 3 N–H and O–H groups in total. The van der Waals surface area contributed by atoms with Crippen LogP contribution in [0.1, 0.15) is 59.3 Å². The topological polar surface area (TPSA) is 78.4 Å². The van der Waals surface area contributed by atoms with Gasteiger partial charge < -0.3 is 15.7 Å². The number of carbonyl (C=O) groups is 2. The maximum atomic E-state index is 11.8. The van der Waals surface area contributed by atoms with E-state index in [2.05, 4.69) is 17.6 Å². The number of hydrogen-bond acceptors (Lipinski definition) is 2. The van der Waals surface area contributed by atoms with Crippen molar-refractivity contribution in [1.82, 2.24) is 10.6 Å². The quantitative estimate of drug-likeness (QED) is 0.701. The molecule has 0 aromatic carbocycles. The Balaban J connectivity index is 2.39. The highest BCUT2D eigenvalue weighted by Gasteiger charge is 2.28. The lowest BCUT2D eigenvalue weighted by Gasteiger charge is -2.33. The number of amides is 2. The van der Waals surface area contributed by atoms with Crippen LogP contribution in [-0.2, 0) is 4.79 Å². The van der Waals surface area contributed by atoms with Crippen molar-refractivity contribution in [3.05, 3.63) is 0 Å². The highest BCUT2D eigenvalue weighted by atomic mass is 16.4. The molecule has 1 aliphatic rings. The second kappa shape index (κ2) is 7.50. The predicted molar refractivity (Wildman–Crippen MR) is 78.6 cm³/mol. The van der Waals surface area contributed by atoms with Gasteiger partial charge in [0.2, 0.25) is 0 Å². The summed E-state index contributed by atoms with van der Waals surface area (Å²) in [4.78, 5) is 22.9. The van der Waals surface area contributed by atoms with Gasteiger partial charge in [-0.25, -0.2) is 9.59 Å². The summed E-state index contributed by atoms with van der Waals surface area (Å²) >= 11 is 0. The zero-order valence-corrected chi connectivity index (χ0v) is 12.9. The van der Waals surface area contributed by atoms with Crippen molar-refractivity contribution in [2.45, 2.75) is 65.3 Å². The van der Waals surface area contributed by atoms with Crippen molar-refractivity contribution in [3.63, 3.8) is 0 Å². The van der Waals surface area contributed by atoms with Crippen LogP contribution in [0.15, 0.2) is 0 Å². The Morgan fingerprint density at radius 1 is 1.20 bits per heavy atom. The second-order valence-corrected chi connectivity index (χ2v) is 6.72. The van der Waals surface area contributed by atoms with Gasteiger partial charge in [0.05, 0.1) is 0 Å². The van der Waals surface area contributed by atoms with Gasteiger partial charge in [0.15, 0.2) is 0 Å². The molecule has 2 amide bonds. The molecule has 0 heterocycles. The van der Waals surface area contributed by atoms with Crippen LogP contribution in [0.3, 0.4) is 0 Å². The highest BCUT2D eigenvalue weighted by molar-refractivity contribution is 5.82. The van der Waals surface area contributed by atoms with Gasteiger partial charge in [-0.15, -0.1) is 0 Å². The molecule has 0 aromatic rings. The van der Waals surface area contributed by atoms with E-state index in [-0.39, 0.29) is 17.4 Å². The lowest BCUT2D eigenvalue weighted by atomic mass is 9.76. The van der Waals surface area contributed by atoms with Crippen LogP contribution in [0, 0.1) is 11.3 Å². The number of rotatable bonds is 6. The Morgan fingerprint density at radius 3 is 2.30 bits per heavy atom. The number of carboxylic acids is 1. The van der Waals surface area contributed by atoms with E-state index in [4.69, 9.17) is 5.11 Å². The molecule has 0 aliphatic heterocycles. The summed E-state index contributed by atoms with van der Waals surface area (Å²) < 4.78 is 0. The van der Waals surface area contributed by atoms with Crippen LogP contribution in [0.4, 0.5) is 4.79 Å². The molecule has 0 spiro atoms. The lowest BCUT2D eigenvalue weighted by Crippen LogP contribution is -2.49. The summed E-state index contributed by atoms with van der Waals surface area (Å²) in [6.07, 6.45) is 6.40. The monoisotopic (exact) mass is 284 g/mol. The molecule has 0 bridgehead atoms. The number of nitrogens with one attached hydrogen (secondary N) is 2. The van der Waals surface area contributed by atoms with E-state index in [1.165, 1.54) is 19.3 Å². The molecule has 0 unspecified atom stereocenters. The molecule has 0 aromatic heterocycles. The molecule has 1 aliphatic carbocycles. The summed E-state index contributed by atoms with van der Waals surface area (Å²) in [5.74, 6) is -0.745. The van der Waals surface area contributed by atoms with Gasteiger partial charge in [-0.1, -0.05) is 40.0 Å². The van der Waals surface area contributed by atoms with E-state index in [9.17, 15) is 9.59 Å². The third-order valence-electron chi connectivity index (χ3n) is 4.05. The fourth-order valence-corrected chi connectivity index (χ4v) is 2.78.